The van der Waals surface area contributed by atoms with Gasteiger partial charge in [0.05, 0.1) is 5.41 Å². The lowest BCUT2D eigenvalue weighted by atomic mass is 9.84. The smallest absolute Gasteiger partial charge is 0.310 e. The molecule has 0 saturated carbocycles. The van der Waals surface area contributed by atoms with Crippen LogP contribution in [0.25, 0.3) is 0 Å². The second kappa shape index (κ2) is 5.85. The first kappa shape index (κ1) is 14.5. The van der Waals surface area contributed by atoms with E-state index in [0.29, 0.717) is 6.04 Å². The van der Waals surface area contributed by atoms with Crippen LogP contribution < -0.4 is 0 Å². The van der Waals surface area contributed by atoms with Crippen molar-refractivity contribution in [3.63, 3.8) is 0 Å². The van der Waals surface area contributed by atoms with Crippen molar-refractivity contribution < 1.29 is 9.90 Å². The summed E-state index contributed by atoms with van der Waals surface area (Å²) in [5, 5.41) is 9.35. The summed E-state index contributed by atoms with van der Waals surface area (Å²) in [6, 6.07) is 0.519. The van der Waals surface area contributed by atoms with Gasteiger partial charge in [-0.15, -0.1) is 0 Å². The van der Waals surface area contributed by atoms with E-state index in [9.17, 15) is 9.90 Å². The second-order valence-electron chi connectivity index (χ2n) is 5.98. The van der Waals surface area contributed by atoms with Crippen molar-refractivity contribution in [2.24, 2.45) is 11.3 Å². The molecular weight excluding hydrogens is 214 g/mol. The lowest BCUT2D eigenvalue weighted by Crippen LogP contribution is -2.37. The summed E-state index contributed by atoms with van der Waals surface area (Å²) in [5.41, 5.74) is -0.480. The van der Waals surface area contributed by atoms with Crippen molar-refractivity contribution in [3.05, 3.63) is 0 Å². The monoisotopic (exact) mass is 241 g/mol. The molecule has 0 aliphatic carbocycles. The molecule has 2 unspecified atom stereocenters. The molecule has 1 heterocycles. The van der Waals surface area contributed by atoms with Crippen LogP contribution in [0.4, 0.5) is 0 Å². The summed E-state index contributed by atoms with van der Waals surface area (Å²) in [4.78, 5) is 13.7. The number of nitrogens with zero attached hydrogens (tertiary/aromatic N) is 1. The van der Waals surface area contributed by atoms with Crippen molar-refractivity contribution in [2.75, 3.05) is 13.1 Å². The van der Waals surface area contributed by atoms with Gasteiger partial charge in [0.25, 0.3) is 0 Å². The van der Waals surface area contributed by atoms with E-state index in [0.717, 1.165) is 31.8 Å². The minimum atomic E-state index is -0.612. The highest BCUT2D eigenvalue weighted by atomic mass is 16.4. The molecule has 1 fully saturated rings. The summed E-state index contributed by atoms with van der Waals surface area (Å²) < 4.78 is 0. The highest BCUT2D eigenvalue weighted by Gasteiger charge is 2.44. The zero-order chi connectivity index (χ0) is 13.1. The van der Waals surface area contributed by atoms with E-state index >= 15 is 0 Å². The van der Waals surface area contributed by atoms with Crippen LogP contribution in [-0.4, -0.2) is 35.1 Å². The van der Waals surface area contributed by atoms with E-state index in [1.165, 1.54) is 12.8 Å². The van der Waals surface area contributed by atoms with Gasteiger partial charge in [-0.1, -0.05) is 20.8 Å². The molecule has 0 amide bonds. The molecule has 0 aromatic heterocycles. The molecule has 100 valence electrons. The van der Waals surface area contributed by atoms with E-state index in [1.807, 2.05) is 6.92 Å². The standard InChI is InChI=1S/C14H27NO2/c1-5-14(13(16)17)8-9-15(10-14)12(4)7-6-11(2)3/h11-12H,5-10H2,1-4H3,(H,16,17). The Morgan fingerprint density at radius 3 is 2.41 bits per heavy atom. The molecule has 0 aromatic rings. The fraction of sp³-hybridized carbons (Fsp3) is 0.929. The summed E-state index contributed by atoms with van der Waals surface area (Å²) in [7, 11) is 0. The van der Waals surface area contributed by atoms with Crippen molar-refractivity contribution in [3.8, 4) is 0 Å². The van der Waals surface area contributed by atoms with Crippen LogP contribution >= 0.6 is 0 Å². The number of hydrogen-bond acceptors (Lipinski definition) is 2. The molecule has 1 aliphatic rings. The first-order valence-electron chi connectivity index (χ1n) is 6.88. The Morgan fingerprint density at radius 2 is 2.00 bits per heavy atom. The predicted octanol–water partition coefficient (Wildman–Crippen LogP) is 3.00. The van der Waals surface area contributed by atoms with E-state index in [4.69, 9.17) is 0 Å². The van der Waals surface area contributed by atoms with Gasteiger partial charge in [0.1, 0.15) is 0 Å². The number of carbonyl (C=O) groups is 1. The Balaban J connectivity index is 2.51. The topological polar surface area (TPSA) is 40.5 Å². The predicted molar refractivity (Wildman–Crippen MR) is 70.1 cm³/mol. The van der Waals surface area contributed by atoms with Gasteiger partial charge in [-0.2, -0.15) is 0 Å². The normalized spacial score (nSPS) is 27.6. The molecule has 3 heteroatoms. The summed E-state index contributed by atoms with van der Waals surface area (Å²) in [6.07, 6.45) is 3.96. The SMILES string of the molecule is CCC1(C(=O)O)CCN(C(C)CCC(C)C)C1. The molecule has 0 spiro atoms. The minimum absolute atomic E-state index is 0.480. The Labute approximate surface area is 105 Å². The highest BCUT2D eigenvalue weighted by Crippen LogP contribution is 2.35. The van der Waals surface area contributed by atoms with Crippen molar-refractivity contribution in [1.29, 1.82) is 0 Å². The number of aliphatic carboxylic acids is 1. The van der Waals surface area contributed by atoms with E-state index in [2.05, 4.69) is 25.7 Å². The molecule has 1 saturated heterocycles. The molecule has 2 atom stereocenters. The molecular formula is C14H27NO2. The average molecular weight is 241 g/mol. The molecule has 0 radical (unpaired) electrons. The van der Waals surface area contributed by atoms with Gasteiger partial charge in [0, 0.05) is 12.6 Å². The largest absolute Gasteiger partial charge is 0.481 e. The van der Waals surface area contributed by atoms with Gasteiger partial charge in [-0.25, -0.2) is 0 Å². The molecule has 1 rings (SSSR count). The zero-order valence-corrected chi connectivity index (χ0v) is 11.7. The number of likely N-dealkylation sites (tertiary alicyclic amines) is 1. The first-order chi connectivity index (χ1) is 7.91. The number of rotatable bonds is 6. The number of carboxylic acid groups (broad SMARTS) is 1. The highest BCUT2D eigenvalue weighted by molar-refractivity contribution is 5.75. The van der Waals surface area contributed by atoms with Crippen LogP contribution in [0.15, 0.2) is 0 Å². The van der Waals surface area contributed by atoms with E-state index in [-0.39, 0.29) is 0 Å². The molecule has 17 heavy (non-hydrogen) atoms. The molecule has 3 nitrogen and oxygen atoms in total. The Kier molecular flexibility index (Phi) is 4.99. The third kappa shape index (κ3) is 3.44. The number of carboxylic acids is 1. The molecule has 0 bridgehead atoms. The van der Waals surface area contributed by atoms with Crippen LogP contribution in [0.5, 0.6) is 0 Å². The Hall–Kier alpha value is -0.570. The Bertz CT molecular complexity index is 265. The maximum absolute atomic E-state index is 11.4. The minimum Gasteiger partial charge on any atom is -0.481 e. The quantitative estimate of drug-likeness (QED) is 0.777. The van der Waals surface area contributed by atoms with Crippen molar-refractivity contribution >= 4 is 5.97 Å². The lowest BCUT2D eigenvalue weighted by Gasteiger charge is -2.27. The second-order valence-corrected chi connectivity index (χ2v) is 5.98. The average Bonchev–Trinajstić information content (AvgIpc) is 2.71. The van der Waals surface area contributed by atoms with Gasteiger partial charge in [-0.05, 0) is 45.1 Å². The molecule has 0 aromatic carbocycles. The fourth-order valence-corrected chi connectivity index (χ4v) is 2.65. The van der Waals surface area contributed by atoms with E-state index < -0.39 is 11.4 Å². The van der Waals surface area contributed by atoms with Gasteiger partial charge in [0.15, 0.2) is 0 Å². The molecule has 1 aliphatic heterocycles. The summed E-state index contributed by atoms with van der Waals surface area (Å²) >= 11 is 0. The molecule has 1 N–H and O–H groups in total. The van der Waals surface area contributed by atoms with Crippen LogP contribution in [0, 0.1) is 11.3 Å². The van der Waals surface area contributed by atoms with Gasteiger partial charge >= 0.3 is 5.97 Å². The first-order valence-corrected chi connectivity index (χ1v) is 6.88. The third-order valence-corrected chi connectivity index (χ3v) is 4.30. The zero-order valence-electron chi connectivity index (χ0n) is 11.7. The van der Waals surface area contributed by atoms with Gasteiger partial charge in [-0.3, -0.25) is 9.69 Å². The van der Waals surface area contributed by atoms with Crippen LogP contribution in [0.3, 0.4) is 0 Å². The third-order valence-electron chi connectivity index (χ3n) is 4.30. The Morgan fingerprint density at radius 1 is 1.35 bits per heavy atom. The maximum atomic E-state index is 11.4. The number of hydrogen-bond donors (Lipinski definition) is 1. The summed E-state index contributed by atoms with van der Waals surface area (Å²) in [5.74, 6) is 0.119. The lowest BCUT2D eigenvalue weighted by molar-refractivity contribution is -0.148. The van der Waals surface area contributed by atoms with Gasteiger partial charge in [0.2, 0.25) is 0 Å². The van der Waals surface area contributed by atoms with Crippen molar-refractivity contribution in [1.82, 2.24) is 4.90 Å². The van der Waals surface area contributed by atoms with Crippen molar-refractivity contribution in [2.45, 2.75) is 59.4 Å². The van der Waals surface area contributed by atoms with Gasteiger partial charge < -0.3 is 5.11 Å². The maximum Gasteiger partial charge on any atom is 0.310 e. The summed E-state index contributed by atoms with van der Waals surface area (Å²) in [6.45, 7) is 10.4. The van der Waals surface area contributed by atoms with Crippen LogP contribution in [-0.2, 0) is 4.79 Å². The van der Waals surface area contributed by atoms with Crippen LogP contribution in [0.2, 0.25) is 0 Å². The van der Waals surface area contributed by atoms with Crippen LogP contribution in [0.1, 0.15) is 53.4 Å². The fourth-order valence-electron chi connectivity index (χ4n) is 2.65. The van der Waals surface area contributed by atoms with E-state index in [1.54, 1.807) is 0 Å².